The minimum absolute atomic E-state index is 0.120. The number of rotatable bonds is 6. The number of carbonyl (C=O) groups is 3. The van der Waals surface area contributed by atoms with Crippen molar-refractivity contribution in [3.8, 4) is 0 Å². The number of nitrogens with zero attached hydrogens (tertiary/aromatic N) is 3. The number of amides is 1. The minimum Gasteiger partial charge on any atom is -0.465 e. The van der Waals surface area contributed by atoms with E-state index in [1.165, 1.54) is 14.2 Å². The monoisotopic (exact) mass is 430 g/mol. The minimum atomic E-state index is -0.655. The molecule has 30 heavy (non-hydrogen) atoms. The summed E-state index contributed by atoms with van der Waals surface area (Å²) < 4.78 is 11.5. The molecule has 0 aliphatic carbocycles. The van der Waals surface area contributed by atoms with Gasteiger partial charge in [0.15, 0.2) is 5.69 Å². The van der Waals surface area contributed by atoms with Gasteiger partial charge >= 0.3 is 11.9 Å². The van der Waals surface area contributed by atoms with Crippen LogP contribution in [0, 0.1) is 6.92 Å². The predicted molar refractivity (Wildman–Crippen MR) is 112 cm³/mol. The number of ether oxygens (including phenoxy) is 2. The number of nitrogens with one attached hydrogen (secondary N) is 1. The molecular formula is C20H22N4O5S. The fourth-order valence-electron chi connectivity index (χ4n) is 3.08. The molecule has 9 nitrogen and oxygen atoms in total. The first-order valence-electron chi connectivity index (χ1n) is 9.00. The fourth-order valence-corrected chi connectivity index (χ4v) is 4.19. The van der Waals surface area contributed by atoms with E-state index in [0.29, 0.717) is 23.4 Å². The number of hydrogen-bond donors (Lipinski definition) is 1. The van der Waals surface area contributed by atoms with Crippen LogP contribution < -0.4 is 5.32 Å². The highest BCUT2D eigenvalue weighted by Crippen LogP contribution is 2.34. The van der Waals surface area contributed by atoms with Crippen molar-refractivity contribution in [2.45, 2.75) is 13.5 Å². The van der Waals surface area contributed by atoms with Crippen molar-refractivity contribution < 1.29 is 23.9 Å². The second-order valence-corrected chi connectivity index (χ2v) is 7.79. The van der Waals surface area contributed by atoms with Crippen molar-refractivity contribution >= 4 is 39.8 Å². The van der Waals surface area contributed by atoms with Crippen molar-refractivity contribution in [3.63, 3.8) is 0 Å². The van der Waals surface area contributed by atoms with Gasteiger partial charge in [0.1, 0.15) is 15.5 Å². The molecular weight excluding hydrogens is 408 g/mol. The SMILES string of the molecule is COC(=O)c1sc(NC(=O)c2nc3ccccn3c2CN(C)C)c(C(=O)OC)c1C. The highest BCUT2D eigenvalue weighted by molar-refractivity contribution is 7.18. The number of pyridine rings is 1. The van der Waals surface area contributed by atoms with Crippen LogP contribution in [0.1, 0.15) is 41.8 Å². The van der Waals surface area contributed by atoms with E-state index in [0.717, 1.165) is 11.3 Å². The molecule has 0 unspecified atom stereocenters. The Bertz CT molecular complexity index is 1130. The normalized spacial score (nSPS) is 11.0. The van der Waals surface area contributed by atoms with Gasteiger partial charge in [0.25, 0.3) is 5.91 Å². The number of aromatic nitrogens is 2. The van der Waals surface area contributed by atoms with E-state index in [1.807, 2.05) is 41.7 Å². The predicted octanol–water partition coefficient (Wildman–Crippen LogP) is 2.59. The van der Waals surface area contributed by atoms with E-state index in [2.05, 4.69) is 10.3 Å². The number of carbonyl (C=O) groups excluding carboxylic acids is 3. The zero-order valence-electron chi connectivity index (χ0n) is 17.3. The Balaban J connectivity index is 2.06. The van der Waals surface area contributed by atoms with Gasteiger partial charge in [-0.3, -0.25) is 4.79 Å². The second kappa shape index (κ2) is 8.64. The summed E-state index contributed by atoms with van der Waals surface area (Å²) in [5.41, 5.74) is 2.07. The summed E-state index contributed by atoms with van der Waals surface area (Å²) in [7, 11) is 6.27. The van der Waals surface area contributed by atoms with Crippen molar-refractivity contribution in [3.05, 3.63) is 51.8 Å². The highest BCUT2D eigenvalue weighted by Gasteiger charge is 2.28. The molecule has 3 heterocycles. The van der Waals surface area contributed by atoms with Crippen molar-refractivity contribution in [2.24, 2.45) is 0 Å². The average Bonchev–Trinajstić information content (AvgIpc) is 3.24. The summed E-state index contributed by atoms with van der Waals surface area (Å²) in [6, 6.07) is 5.50. The molecule has 1 N–H and O–H groups in total. The maximum Gasteiger partial charge on any atom is 0.348 e. The van der Waals surface area contributed by atoms with E-state index in [-0.39, 0.29) is 21.1 Å². The highest BCUT2D eigenvalue weighted by atomic mass is 32.1. The van der Waals surface area contributed by atoms with Gasteiger partial charge in [0, 0.05) is 12.7 Å². The maximum atomic E-state index is 13.1. The summed E-state index contributed by atoms with van der Waals surface area (Å²) >= 11 is 0.960. The molecule has 3 aromatic heterocycles. The number of anilines is 1. The first kappa shape index (κ1) is 21.5. The van der Waals surface area contributed by atoms with Crippen LogP contribution in [0.15, 0.2) is 24.4 Å². The Kier molecular flexibility index (Phi) is 6.18. The van der Waals surface area contributed by atoms with Gasteiger partial charge in [0.05, 0.1) is 25.5 Å². The van der Waals surface area contributed by atoms with Crippen molar-refractivity contribution in [1.29, 1.82) is 0 Å². The maximum absolute atomic E-state index is 13.1. The number of fused-ring (bicyclic) bond motifs is 1. The molecule has 1 amide bonds. The van der Waals surface area contributed by atoms with Gasteiger partial charge in [0.2, 0.25) is 0 Å². The fraction of sp³-hybridized carbons (Fsp3) is 0.300. The first-order chi connectivity index (χ1) is 14.3. The second-order valence-electron chi connectivity index (χ2n) is 6.77. The van der Waals surface area contributed by atoms with Gasteiger partial charge in [-0.2, -0.15) is 0 Å². The van der Waals surface area contributed by atoms with E-state index in [1.54, 1.807) is 13.0 Å². The van der Waals surface area contributed by atoms with Gasteiger partial charge < -0.3 is 24.1 Å². The molecule has 0 radical (unpaired) electrons. The smallest absolute Gasteiger partial charge is 0.348 e. The summed E-state index contributed by atoms with van der Waals surface area (Å²) in [4.78, 5) is 44.1. The van der Waals surface area contributed by atoms with Crippen LogP contribution in [-0.2, 0) is 16.0 Å². The van der Waals surface area contributed by atoms with E-state index < -0.39 is 17.8 Å². The zero-order valence-corrected chi connectivity index (χ0v) is 18.1. The zero-order chi connectivity index (χ0) is 22.0. The Morgan fingerprint density at radius 1 is 1.17 bits per heavy atom. The number of esters is 2. The van der Waals surface area contributed by atoms with Crippen LogP contribution in [0.3, 0.4) is 0 Å². The quantitative estimate of drug-likeness (QED) is 0.600. The van der Waals surface area contributed by atoms with Crippen LogP contribution in [0.2, 0.25) is 0 Å². The molecule has 0 bridgehead atoms. The summed E-state index contributed by atoms with van der Waals surface area (Å²) in [6.45, 7) is 2.09. The lowest BCUT2D eigenvalue weighted by molar-refractivity contribution is 0.0601. The van der Waals surface area contributed by atoms with Gasteiger partial charge in [-0.25, -0.2) is 14.6 Å². The molecule has 0 spiro atoms. The Morgan fingerprint density at radius 3 is 2.50 bits per heavy atom. The lowest BCUT2D eigenvalue weighted by atomic mass is 10.1. The van der Waals surface area contributed by atoms with Crippen LogP contribution >= 0.6 is 11.3 Å². The third-order valence-corrected chi connectivity index (χ3v) is 5.63. The first-order valence-corrected chi connectivity index (χ1v) is 9.82. The molecule has 0 atom stereocenters. The van der Waals surface area contributed by atoms with E-state index in [9.17, 15) is 14.4 Å². The molecule has 0 aliphatic heterocycles. The van der Waals surface area contributed by atoms with Crippen LogP contribution in [-0.4, -0.2) is 60.4 Å². The standard InChI is InChI=1S/C20H22N4O5S/c1-11-14(19(26)28-4)18(30-16(11)20(27)29-5)22-17(25)15-12(10-23(2)3)24-9-7-6-8-13(24)21-15/h6-9H,10H2,1-5H3,(H,22,25). The molecule has 0 saturated carbocycles. The molecule has 3 aromatic rings. The van der Waals surface area contributed by atoms with Gasteiger partial charge in [-0.15, -0.1) is 11.3 Å². The van der Waals surface area contributed by atoms with Crippen molar-refractivity contribution in [2.75, 3.05) is 33.6 Å². The molecule has 0 saturated heterocycles. The van der Waals surface area contributed by atoms with Crippen LogP contribution in [0.5, 0.6) is 0 Å². The number of methoxy groups -OCH3 is 2. The summed E-state index contributed by atoms with van der Waals surface area (Å²) in [5.74, 6) is -1.74. The Labute approximate surface area is 177 Å². The molecule has 10 heteroatoms. The van der Waals surface area contributed by atoms with Gasteiger partial charge in [-0.1, -0.05) is 6.07 Å². The van der Waals surface area contributed by atoms with Crippen LogP contribution in [0.4, 0.5) is 5.00 Å². The largest absolute Gasteiger partial charge is 0.465 e. The molecule has 3 rings (SSSR count). The Morgan fingerprint density at radius 2 is 1.87 bits per heavy atom. The molecule has 158 valence electrons. The molecule has 0 fully saturated rings. The van der Waals surface area contributed by atoms with E-state index >= 15 is 0 Å². The lowest BCUT2D eigenvalue weighted by Gasteiger charge is -2.11. The summed E-state index contributed by atoms with van der Waals surface area (Å²) in [6.07, 6.45) is 1.84. The molecule has 0 aliphatic rings. The van der Waals surface area contributed by atoms with Crippen molar-refractivity contribution in [1.82, 2.24) is 14.3 Å². The molecule has 0 aromatic carbocycles. The number of imidazole rings is 1. The number of hydrogen-bond acceptors (Lipinski definition) is 8. The van der Waals surface area contributed by atoms with Gasteiger partial charge in [-0.05, 0) is 38.7 Å². The Hall–Kier alpha value is -3.24. The van der Waals surface area contributed by atoms with E-state index in [4.69, 9.17) is 9.47 Å². The average molecular weight is 430 g/mol. The third-order valence-electron chi connectivity index (χ3n) is 4.44. The summed E-state index contributed by atoms with van der Waals surface area (Å²) in [5, 5.41) is 2.94. The number of thiophene rings is 1. The topological polar surface area (TPSA) is 102 Å². The lowest BCUT2D eigenvalue weighted by Crippen LogP contribution is -2.20. The third kappa shape index (κ3) is 3.91. The van der Waals surface area contributed by atoms with Crippen LogP contribution in [0.25, 0.3) is 5.65 Å².